The molecule has 2 aromatic heterocycles. The smallest absolute Gasteiger partial charge is 0.167 e. The fraction of sp³-hybridized carbons (Fsp3) is 0.667. The van der Waals surface area contributed by atoms with Crippen molar-refractivity contribution in [1.29, 1.82) is 0 Å². The van der Waals surface area contributed by atoms with Crippen molar-refractivity contribution in [1.82, 2.24) is 19.5 Å². The molecule has 0 radical (unpaired) electrons. The molecule has 0 bridgehead atoms. The van der Waals surface area contributed by atoms with Gasteiger partial charge in [0.05, 0.1) is 24.4 Å². The van der Waals surface area contributed by atoms with E-state index >= 15 is 0 Å². The van der Waals surface area contributed by atoms with Gasteiger partial charge in [-0.15, -0.1) is 11.6 Å². The van der Waals surface area contributed by atoms with Crippen LogP contribution in [-0.2, 0) is 4.74 Å². The Bertz CT molecular complexity index is 759. The van der Waals surface area contributed by atoms with Crippen molar-refractivity contribution in [2.45, 2.75) is 55.9 Å². The SMILES string of the molecule is O[C@@H]1[C@H](O)[C@@H](CCl)O[C@H]1n1cnc2c(N[C@@H]3CCC[C@H]3O)ncnc21. The second-order valence-corrected chi connectivity index (χ2v) is 6.80. The lowest BCUT2D eigenvalue weighted by atomic mass is 10.1. The number of anilines is 1. The predicted octanol–water partition coefficient (Wildman–Crippen LogP) is 0.00960. The van der Waals surface area contributed by atoms with Crippen molar-refractivity contribution < 1.29 is 20.1 Å². The van der Waals surface area contributed by atoms with Crippen LogP contribution in [0.2, 0.25) is 0 Å². The van der Waals surface area contributed by atoms with Gasteiger partial charge in [-0.1, -0.05) is 0 Å². The average molecular weight is 370 g/mol. The van der Waals surface area contributed by atoms with Crippen LogP contribution in [0.4, 0.5) is 5.82 Å². The molecule has 1 aliphatic heterocycles. The molecular weight excluding hydrogens is 350 g/mol. The van der Waals surface area contributed by atoms with Crippen LogP contribution in [-0.4, -0.2) is 71.2 Å². The molecule has 3 heterocycles. The van der Waals surface area contributed by atoms with Crippen LogP contribution >= 0.6 is 11.6 Å². The van der Waals surface area contributed by atoms with E-state index in [9.17, 15) is 15.3 Å². The highest BCUT2D eigenvalue weighted by Gasteiger charge is 2.44. The predicted molar refractivity (Wildman–Crippen MR) is 89.2 cm³/mol. The Morgan fingerprint density at radius 3 is 2.72 bits per heavy atom. The average Bonchev–Trinajstić information content (AvgIpc) is 3.29. The molecule has 6 atom stereocenters. The maximum Gasteiger partial charge on any atom is 0.167 e. The quantitative estimate of drug-likeness (QED) is 0.555. The van der Waals surface area contributed by atoms with E-state index in [4.69, 9.17) is 16.3 Å². The van der Waals surface area contributed by atoms with Crippen molar-refractivity contribution >= 4 is 28.6 Å². The van der Waals surface area contributed by atoms with Gasteiger partial charge in [-0.2, -0.15) is 0 Å². The van der Waals surface area contributed by atoms with E-state index in [2.05, 4.69) is 20.3 Å². The summed E-state index contributed by atoms with van der Waals surface area (Å²) in [7, 11) is 0. The standard InChI is InChI=1S/C15H20ClN5O4/c16-4-9-11(23)12(24)15(25-9)21-6-19-10-13(17-5-18-14(10)21)20-7-2-1-3-8(7)22/h5-9,11-12,15,22-24H,1-4H2,(H,17,18,20)/t7-,8-,9-,11-,12-,15-/m1/s1. The lowest BCUT2D eigenvalue weighted by Crippen LogP contribution is -2.32. The van der Waals surface area contributed by atoms with Crippen LogP contribution in [0.5, 0.6) is 0 Å². The van der Waals surface area contributed by atoms with Gasteiger partial charge in [-0.05, 0) is 19.3 Å². The normalized spacial score (nSPS) is 35.5. The van der Waals surface area contributed by atoms with E-state index < -0.39 is 30.6 Å². The van der Waals surface area contributed by atoms with Gasteiger partial charge in [0, 0.05) is 0 Å². The number of alkyl halides is 1. The van der Waals surface area contributed by atoms with Crippen LogP contribution in [0.25, 0.3) is 11.2 Å². The van der Waals surface area contributed by atoms with Crippen LogP contribution in [0.15, 0.2) is 12.7 Å². The summed E-state index contributed by atoms with van der Waals surface area (Å²) in [4.78, 5) is 12.8. The minimum Gasteiger partial charge on any atom is -0.391 e. The zero-order valence-corrected chi connectivity index (χ0v) is 14.1. The molecule has 2 fully saturated rings. The number of aliphatic hydroxyl groups is 3. The number of aliphatic hydroxyl groups excluding tert-OH is 3. The molecule has 2 aromatic rings. The lowest BCUT2D eigenvalue weighted by molar-refractivity contribution is -0.0291. The fourth-order valence-corrected chi connectivity index (χ4v) is 3.77. The summed E-state index contributed by atoms with van der Waals surface area (Å²) >= 11 is 5.77. The lowest BCUT2D eigenvalue weighted by Gasteiger charge is -2.18. The van der Waals surface area contributed by atoms with Gasteiger partial charge in [0.15, 0.2) is 23.2 Å². The molecule has 25 heavy (non-hydrogen) atoms. The molecular formula is C15H20ClN5O4. The summed E-state index contributed by atoms with van der Waals surface area (Å²) < 4.78 is 7.21. The van der Waals surface area contributed by atoms with Gasteiger partial charge in [0.2, 0.25) is 0 Å². The summed E-state index contributed by atoms with van der Waals surface area (Å²) in [5.41, 5.74) is 0.984. The topological polar surface area (TPSA) is 126 Å². The highest BCUT2D eigenvalue weighted by Crippen LogP contribution is 2.33. The number of hydrogen-bond acceptors (Lipinski definition) is 8. The first kappa shape index (κ1) is 16.9. The maximum absolute atomic E-state index is 10.2. The van der Waals surface area contributed by atoms with Crippen molar-refractivity contribution in [2.75, 3.05) is 11.2 Å². The largest absolute Gasteiger partial charge is 0.391 e. The van der Waals surface area contributed by atoms with Gasteiger partial charge in [0.25, 0.3) is 0 Å². The molecule has 4 rings (SSSR count). The minimum absolute atomic E-state index is 0.0704. The third kappa shape index (κ3) is 2.85. The summed E-state index contributed by atoms with van der Waals surface area (Å²) in [6.07, 6.45) is 1.36. The van der Waals surface area contributed by atoms with Crippen molar-refractivity contribution in [3.05, 3.63) is 12.7 Å². The van der Waals surface area contributed by atoms with Gasteiger partial charge in [0.1, 0.15) is 24.6 Å². The molecule has 9 nitrogen and oxygen atoms in total. The maximum atomic E-state index is 10.2. The number of ether oxygens (including phenoxy) is 1. The molecule has 0 spiro atoms. The molecule has 0 unspecified atom stereocenters. The van der Waals surface area contributed by atoms with Crippen molar-refractivity contribution in [3.63, 3.8) is 0 Å². The first-order valence-corrected chi connectivity index (χ1v) is 8.83. The van der Waals surface area contributed by atoms with Gasteiger partial charge >= 0.3 is 0 Å². The highest BCUT2D eigenvalue weighted by molar-refractivity contribution is 6.18. The second-order valence-electron chi connectivity index (χ2n) is 6.50. The van der Waals surface area contributed by atoms with Gasteiger partial charge < -0.3 is 25.4 Å². The highest BCUT2D eigenvalue weighted by atomic mass is 35.5. The molecule has 4 N–H and O–H groups in total. The Morgan fingerprint density at radius 2 is 2.04 bits per heavy atom. The summed E-state index contributed by atoms with van der Waals surface area (Å²) in [5.74, 6) is 0.597. The number of nitrogens with zero attached hydrogens (tertiary/aromatic N) is 4. The van der Waals surface area contributed by atoms with E-state index in [1.807, 2.05) is 0 Å². The molecule has 1 aliphatic carbocycles. The first-order valence-electron chi connectivity index (χ1n) is 8.30. The minimum atomic E-state index is -1.14. The zero-order valence-electron chi connectivity index (χ0n) is 13.4. The Labute approximate surface area is 148 Å². The van der Waals surface area contributed by atoms with E-state index in [1.165, 1.54) is 12.7 Å². The van der Waals surface area contributed by atoms with Gasteiger partial charge in [-0.3, -0.25) is 4.57 Å². The monoisotopic (exact) mass is 369 g/mol. The number of fused-ring (bicyclic) bond motifs is 1. The Hall–Kier alpha value is -1.52. The molecule has 1 saturated carbocycles. The third-order valence-corrected chi connectivity index (χ3v) is 5.23. The Kier molecular flexibility index (Phi) is 4.50. The number of imidazole rings is 1. The summed E-state index contributed by atoms with van der Waals surface area (Å²) in [5, 5.41) is 33.5. The number of nitrogens with one attached hydrogen (secondary N) is 1. The molecule has 136 valence electrons. The number of halogens is 1. The Morgan fingerprint density at radius 1 is 1.20 bits per heavy atom. The van der Waals surface area contributed by atoms with Crippen LogP contribution in [0.1, 0.15) is 25.5 Å². The second kappa shape index (κ2) is 6.65. The van der Waals surface area contributed by atoms with Gasteiger partial charge in [-0.25, -0.2) is 15.0 Å². The third-order valence-electron chi connectivity index (χ3n) is 4.92. The van der Waals surface area contributed by atoms with Crippen LogP contribution in [0.3, 0.4) is 0 Å². The summed E-state index contributed by atoms with van der Waals surface area (Å²) in [6, 6.07) is -0.0704. The molecule has 10 heteroatoms. The number of rotatable bonds is 4. The van der Waals surface area contributed by atoms with E-state index in [0.717, 1.165) is 19.3 Å². The zero-order chi connectivity index (χ0) is 17.6. The Balaban J connectivity index is 1.65. The van der Waals surface area contributed by atoms with Crippen LogP contribution in [0, 0.1) is 0 Å². The summed E-state index contributed by atoms with van der Waals surface area (Å²) in [6.45, 7) is 0. The number of hydrogen-bond donors (Lipinski definition) is 4. The fourth-order valence-electron chi connectivity index (χ4n) is 3.51. The van der Waals surface area contributed by atoms with E-state index in [1.54, 1.807) is 4.57 Å². The molecule has 0 aromatic carbocycles. The van der Waals surface area contributed by atoms with Crippen molar-refractivity contribution in [3.8, 4) is 0 Å². The van der Waals surface area contributed by atoms with E-state index in [-0.39, 0.29) is 11.9 Å². The molecule has 2 aliphatic rings. The van der Waals surface area contributed by atoms with E-state index in [0.29, 0.717) is 17.0 Å². The number of aromatic nitrogens is 4. The van der Waals surface area contributed by atoms with Crippen LogP contribution < -0.4 is 5.32 Å². The van der Waals surface area contributed by atoms with Crippen molar-refractivity contribution in [2.24, 2.45) is 0 Å². The molecule has 0 amide bonds. The first-order chi connectivity index (χ1) is 12.1. The molecule has 1 saturated heterocycles.